The monoisotopic (exact) mass is 213 g/mol. The lowest BCUT2D eigenvalue weighted by molar-refractivity contribution is -0.119. The smallest absolute Gasteiger partial charge is 0.279 e. The summed E-state index contributed by atoms with van der Waals surface area (Å²) < 4.78 is 12.3. The molecule has 0 aliphatic carbocycles. The van der Waals surface area contributed by atoms with Gasteiger partial charge in [0.2, 0.25) is 0 Å². The summed E-state index contributed by atoms with van der Waals surface area (Å²) in [6.45, 7) is 7.25. The van der Waals surface area contributed by atoms with E-state index < -0.39 is 11.7 Å². The van der Waals surface area contributed by atoms with E-state index in [1.165, 1.54) is 4.88 Å². The molecule has 0 radical (unpaired) electrons. The number of thiophene rings is 1. The van der Waals surface area contributed by atoms with Gasteiger partial charge in [-0.25, -0.2) is 4.39 Å². The second-order valence-corrected chi connectivity index (χ2v) is 4.49. The molecule has 1 N–H and O–H groups in total. The minimum absolute atomic E-state index is 0.359. The molecule has 0 bridgehead atoms. The zero-order valence-corrected chi connectivity index (χ0v) is 9.00. The van der Waals surface area contributed by atoms with Crippen molar-refractivity contribution in [3.05, 3.63) is 33.8 Å². The van der Waals surface area contributed by atoms with Gasteiger partial charge in [-0.15, -0.1) is 11.3 Å². The number of rotatable bonds is 3. The number of aryl methyl sites for hydroxylation is 2. The summed E-state index contributed by atoms with van der Waals surface area (Å²) in [6.07, 6.45) is 0. The van der Waals surface area contributed by atoms with Gasteiger partial charge < -0.3 is 5.32 Å². The zero-order valence-electron chi connectivity index (χ0n) is 8.19. The molecule has 0 saturated carbocycles. The number of carbonyl (C=O) groups is 1. The van der Waals surface area contributed by atoms with Crippen molar-refractivity contribution in [2.24, 2.45) is 0 Å². The van der Waals surface area contributed by atoms with Gasteiger partial charge in [0.05, 0.1) is 0 Å². The minimum atomic E-state index is -0.949. The molecule has 1 aromatic rings. The van der Waals surface area contributed by atoms with Gasteiger partial charge in [0, 0.05) is 16.3 Å². The fourth-order valence-corrected chi connectivity index (χ4v) is 2.08. The van der Waals surface area contributed by atoms with Gasteiger partial charge in [-0.3, -0.25) is 4.79 Å². The fourth-order valence-electron chi connectivity index (χ4n) is 1.13. The molecule has 1 rings (SSSR count). The first-order valence-corrected chi connectivity index (χ1v) is 5.01. The van der Waals surface area contributed by atoms with Gasteiger partial charge in [0.25, 0.3) is 5.91 Å². The van der Waals surface area contributed by atoms with Gasteiger partial charge in [0.1, 0.15) is 0 Å². The fraction of sp³-hybridized carbons (Fsp3) is 0.300. The van der Waals surface area contributed by atoms with Crippen LogP contribution in [0.4, 0.5) is 4.39 Å². The molecule has 0 atom stereocenters. The summed E-state index contributed by atoms with van der Waals surface area (Å²) in [4.78, 5) is 13.2. The SMILES string of the molecule is C=C(F)C(=O)NCc1cc(C)sc1C. The van der Waals surface area contributed by atoms with Gasteiger partial charge in [-0.2, -0.15) is 0 Å². The van der Waals surface area contributed by atoms with E-state index in [0.717, 1.165) is 10.4 Å². The van der Waals surface area contributed by atoms with E-state index in [2.05, 4.69) is 11.9 Å². The quantitative estimate of drug-likeness (QED) is 0.768. The minimum Gasteiger partial charge on any atom is -0.346 e. The van der Waals surface area contributed by atoms with Gasteiger partial charge in [0.15, 0.2) is 5.83 Å². The van der Waals surface area contributed by atoms with E-state index >= 15 is 0 Å². The maximum absolute atomic E-state index is 12.3. The predicted molar refractivity (Wildman–Crippen MR) is 55.9 cm³/mol. The van der Waals surface area contributed by atoms with Gasteiger partial charge in [-0.05, 0) is 25.5 Å². The molecule has 0 spiro atoms. The highest BCUT2D eigenvalue weighted by atomic mass is 32.1. The number of halogens is 1. The highest BCUT2D eigenvalue weighted by molar-refractivity contribution is 7.12. The van der Waals surface area contributed by atoms with Crippen molar-refractivity contribution in [1.29, 1.82) is 0 Å². The molecular weight excluding hydrogens is 201 g/mol. The summed E-state index contributed by atoms with van der Waals surface area (Å²) in [7, 11) is 0. The van der Waals surface area contributed by atoms with Crippen LogP contribution in [-0.2, 0) is 11.3 Å². The first-order valence-electron chi connectivity index (χ1n) is 4.19. The molecule has 1 heterocycles. The van der Waals surface area contributed by atoms with E-state index in [0.29, 0.717) is 6.54 Å². The first-order chi connectivity index (χ1) is 6.50. The summed E-state index contributed by atoms with van der Waals surface area (Å²) in [5.41, 5.74) is 1.03. The molecule has 0 aromatic carbocycles. The van der Waals surface area contributed by atoms with Crippen LogP contribution < -0.4 is 5.32 Å². The molecule has 76 valence electrons. The number of amides is 1. The number of hydrogen-bond acceptors (Lipinski definition) is 2. The summed E-state index contributed by atoms with van der Waals surface area (Å²) in [5.74, 6) is -1.69. The Hall–Kier alpha value is -1.16. The number of carbonyl (C=O) groups excluding carboxylic acids is 1. The maximum atomic E-state index is 12.3. The van der Waals surface area contributed by atoms with Crippen LogP contribution in [0.1, 0.15) is 15.3 Å². The lowest BCUT2D eigenvalue weighted by atomic mass is 10.2. The lowest BCUT2D eigenvalue weighted by Crippen LogP contribution is -2.22. The average Bonchev–Trinajstić information content (AvgIpc) is 2.40. The Bertz CT molecular complexity index is 370. The van der Waals surface area contributed by atoms with Crippen LogP contribution in [0.2, 0.25) is 0 Å². The van der Waals surface area contributed by atoms with Crippen LogP contribution in [0.25, 0.3) is 0 Å². The zero-order chi connectivity index (χ0) is 10.7. The third-order valence-corrected chi connectivity index (χ3v) is 2.84. The molecule has 0 unspecified atom stereocenters. The van der Waals surface area contributed by atoms with Crippen molar-refractivity contribution in [2.45, 2.75) is 20.4 Å². The van der Waals surface area contributed by atoms with Crippen molar-refractivity contribution in [1.82, 2.24) is 5.32 Å². The van der Waals surface area contributed by atoms with Crippen LogP contribution in [-0.4, -0.2) is 5.91 Å². The van der Waals surface area contributed by atoms with E-state index in [4.69, 9.17) is 0 Å². The number of nitrogens with one attached hydrogen (secondary N) is 1. The van der Waals surface area contributed by atoms with E-state index in [9.17, 15) is 9.18 Å². The van der Waals surface area contributed by atoms with Crippen LogP contribution in [0.3, 0.4) is 0 Å². The third kappa shape index (κ3) is 2.67. The Morgan fingerprint density at radius 3 is 2.71 bits per heavy atom. The van der Waals surface area contributed by atoms with Crippen molar-refractivity contribution >= 4 is 17.2 Å². The topological polar surface area (TPSA) is 29.1 Å². The summed E-state index contributed by atoms with van der Waals surface area (Å²) in [5, 5.41) is 2.45. The largest absolute Gasteiger partial charge is 0.346 e. The Morgan fingerprint density at radius 1 is 1.64 bits per heavy atom. The second kappa shape index (κ2) is 4.37. The first kappa shape index (κ1) is 10.9. The van der Waals surface area contributed by atoms with Crippen LogP contribution in [0.15, 0.2) is 18.5 Å². The molecule has 4 heteroatoms. The Kier molecular flexibility index (Phi) is 3.41. The van der Waals surface area contributed by atoms with E-state index in [-0.39, 0.29) is 0 Å². The van der Waals surface area contributed by atoms with Crippen LogP contribution in [0.5, 0.6) is 0 Å². The molecular formula is C10H12FNOS. The molecule has 0 aliphatic rings. The summed E-state index contributed by atoms with van der Waals surface area (Å²) >= 11 is 1.66. The Balaban J connectivity index is 2.58. The molecule has 1 aromatic heterocycles. The Morgan fingerprint density at radius 2 is 2.29 bits per heavy atom. The third-order valence-electron chi connectivity index (χ3n) is 1.83. The average molecular weight is 213 g/mol. The van der Waals surface area contributed by atoms with Gasteiger partial charge >= 0.3 is 0 Å². The molecule has 0 aliphatic heterocycles. The van der Waals surface area contributed by atoms with Crippen molar-refractivity contribution in [3.63, 3.8) is 0 Å². The standard InChI is InChI=1S/C10H12FNOS/c1-6-4-9(8(3)14-6)5-12-10(13)7(2)11/h4H,2,5H2,1,3H3,(H,12,13). The highest BCUT2D eigenvalue weighted by Crippen LogP contribution is 2.20. The maximum Gasteiger partial charge on any atom is 0.279 e. The lowest BCUT2D eigenvalue weighted by Gasteiger charge is -2.01. The summed E-state index contributed by atoms with van der Waals surface area (Å²) in [6, 6.07) is 1.99. The van der Waals surface area contributed by atoms with Crippen molar-refractivity contribution in [2.75, 3.05) is 0 Å². The van der Waals surface area contributed by atoms with Crippen molar-refractivity contribution in [3.8, 4) is 0 Å². The van der Waals surface area contributed by atoms with E-state index in [1.807, 2.05) is 19.9 Å². The normalized spacial score (nSPS) is 9.93. The second-order valence-electron chi connectivity index (χ2n) is 3.03. The van der Waals surface area contributed by atoms with Crippen LogP contribution in [0, 0.1) is 13.8 Å². The van der Waals surface area contributed by atoms with Crippen molar-refractivity contribution < 1.29 is 9.18 Å². The molecule has 14 heavy (non-hydrogen) atoms. The molecule has 1 amide bonds. The van der Waals surface area contributed by atoms with Gasteiger partial charge in [-0.1, -0.05) is 6.58 Å². The number of hydrogen-bond donors (Lipinski definition) is 1. The van der Waals surface area contributed by atoms with Crippen LogP contribution >= 0.6 is 11.3 Å². The molecule has 0 fully saturated rings. The Labute approximate surface area is 86.4 Å². The van der Waals surface area contributed by atoms with E-state index in [1.54, 1.807) is 11.3 Å². The molecule has 2 nitrogen and oxygen atoms in total. The molecule has 0 saturated heterocycles. The highest BCUT2D eigenvalue weighted by Gasteiger charge is 2.07. The predicted octanol–water partition coefficient (Wildman–Crippen LogP) is 2.46.